The van der Waals surface area contributed by atoms with Crippen molar-refractivity contribution in [2.75, 3.05) is 11.9 Å². The van der Waals surface area contributed by atoms with Crippen LogP contribution in [0.4, 0.5) is 5.13 Å². The molecule has 3 amide bonds. The standard InChI is InChI=1S/C19H20N4O4S/c1-12(16(25)21-18-20-9-11-28-18)23-10-8-19(7-6-15(23)24)22-17(26)13-4-2-3-5-14(13)27-19/h2-5,9,11-12H,6-8,10H2,1H3,(H,22,26)(H,20,21,25)/t12-,19+/m0/s1. The smallest absolute Gasteiger partial charge is 0.258 e. The van der Waals surface area contributed by atoms with E-state index in [9.17, 15) is 14.4 Å². The largest absolute Gasteiger partial charge is 0.467 e. The highest BCUT2D eigenvalue weighted by Gasteiger charge is 2.43. The average Bonchev–Trinajstić information content (AvgIpc) is 3.14. The number of carbonyl (C=O) groups is 3. The number of ether oxygens (including phenoxy) is 1. The van der Waals surface area contributed by atoms with Gasteiger partial charge in [0.25, 0.3) is 5.91 Å². The van der Waals surface area contributed by atoms with E-state index in [2.05, 4.69) is 15.6 Å². The van der Waals surface area contributed by atoms with Crippen molar-refractivity contribution in [3.05, 3.63) is 41.4 Å². The summed E-state index contributed by atoms with van der Waals surface area (Å²) in [5.41, 5.74) is -0.460. The number of anilines is 1. The van der Waals surface area contributed by atoms with Gasteiger partial charge < -0.3 is 20.3 Å². The molecule has 146 valence electrons. The number of benzene rings is 1. The summed E-state index contributed by atoms with van der Waals surface area (Å²) < 4.78 is 6.11. The minimum Gasteiger partial charge on any atom is -0.467 e. The Morgan fingerprint density at radius 2 is 2.18 bits per heavy atom. The molecule has 0 unspecified atom stereocenters. The van der Waals surface area contributed by atoms with Crippen molar-refractivity contribution < 1.29 is 19.1 Å². The summed E-state index contributed by atoms with van der Waals surface area (Å²) in [6.45, 7) is 1.99. The van der Waals surface area contributed by atoms with Crippen molar-refractivity contribution in [1.82, 2.24) is 15.2 Å². The predicted octanol–water partition coefficient (Wildman–Crippen LogP) is 2.00. The number of hydrogen-bond acceptors (Lipinski definition) is 6. The first-order valence-corrected chi connectivity index (χ1v) is 9.96. The highest BCUT2D eigenvalue weighted by molar-refractivity contribution is 7.13. The van der Waals surface area contributed by atoms with Gasteiger partial charge in [0.05, 0.1) is 5.56 Å². The SMILES string of the molecule is C[C@@H](C(=O)Nc1nccs1)N1CC[C@]2(CCC1=O)NC(=O)c1ccccc1O2. The average molecular weight is 400 g/mol. The van der Waals surface area contributed by atoms with Gasteiger partial charge in [0.2, 0.25) is 11.8 Å². The Morgan fingerprint density at radius 1 is 1.36 bits per heavy atom. The number of carbonyl (C=O) groups excluding carboxylic acids is 3. The van der Waals surface area contributed by atoms with Gasteiger partial charge in [-0.15, -0.1) is 11.3 Å². The lowest BCUT2D eigenvalue weighted by molar-refractivity contribution is -0.137. The van der Waals surface area contributed by atoms with Gasteiger partial charge in [-0.3, -0.25) is 14.4 Å². The Kier molecular flexibility index (Phi) is 4.76. The molecule has 9 heteroatoms. The van der Waals surface area contributed by atoms with Crippen LogP contribution in [0.3, 0.4) is 0 Å². The van der Waals surface area contributed by atoms with Crippen LogP contribution in [0.25, 0.3) is 0 Å². The molecule has 2 N–H and O–H groups in total. The molecule has 0 aliphatic carbocycles. The predicted molar refractivity (Wildman–Crippen MR) is 103 cm³/mol. The molecule has 1 spiro atoms. The molecular weight excluding hydrogens is 380 g/mol. The van der Waals surface area contributed by atoms with Gasteiger partial charge in [-0.2, -0.15) is 0 Å². The fourth-order valence-corrected chi connectivity index (χ4v) is 4.06. The van der Waals surface area contributed by atoms with Gasteiger partial charge in [-0.05, 0) is 19.1 Å². The van der Waals surface area contributed by atoms with Crippen molar-refractivity contribution in [2.24, 2.45) is 0 Å². The van der Waals surface area contributed by atoms with Crippen LogP contribution in [0.15, 0.2) is 35.8 Å². The molecule has 1 aromatic carbocycles. The van der Waals surface area contributed by atoms with Crippen LogP contribution in [0.1, 0.15) is 36.5 Å². The first-order valence-electron chi connectivity index (χ1n) is 9.08. The zero-order chi connectivity index (χ0) is 19.7. The number of rotatable bonds is 3. The summed E-state index contributed by atoms with van der Waals surface area (Å²) in [6.07, 6.45) is 2.53. The van der Waals surface area contributed by atoms with E-state index < -0.39 is 11.8 Å². The van der Waals surface area contributed by atoms with Crippen LogP contribution in [0.5, 0.6) is 5.75 Å². The van der Waals surface area contributed by atoms with E-state index in [1.165, 1.54) is 16.2 Å². The van der Waals surface area contributed by atoms with E-state index in [-0.39, 0.29) is 24.1 Å². The quantitative estimate of drug-likeness (QED) is 0.821. The van der Waals surface area contributed by atoms with Gasteiger partial charge in [-0.25, -0.2) is 4.98 Å². The molecule has 2 aliphatic heterocycles. The number of aromatic nitrogens is 1. The van der Waals surface area contributed by atoms with Crippen LogP contribution >= 0.6 is 11.3 Å². The molecule has 2 aliphatic rings. The molecule has 8 nitrogen and oxygen atoms in total. The Hall–Kier alpha value is -2.94. The monoisotopic (exact) mass is 400 g/mol. The van der Waals surface area contributed by atoms with Crippen LogP contribution in [-0.2, 0) is 9.59 Å². The zero-order valence-corrected chi connectivity index (χ0v) is 16.1. The number of hydrogen-bond donors (Lipinski definition) is 2. The van der Waals surface area contributed by atoms with E-state index in [1.54, 1.807) is 36.7 Å². The van der Waals surface area contributed by atoms with Crippen LogP contribution in [0, 0.1) is 0 Å². The number of likely N-dealkylation sites (tertiary alicyclic amines) is 1. The van der Waals surface area contributed by atoms with E-state index in [1.807, 2.05) is 6.07 Å². The maximum atomic E-state index is 12.7. The molecule has 2 atom stereocenters. The number of amides is 3. The molecule has 0 saturated carbocycles. The Morgan fingerprint density at radius 3 is 2.96 bits per heavy atom. The summed E-state index contributed by atoms with van der Waals surface area (Å²) in [4.78, 5) is 43.3. The van der Waals surface area contributed by atoms with Crippen LogP contribution < -0.4 is 15.4 Å². The van der Waals surface area contributed by atoms with E-state index >= 15 is 0 Å². The van der Waals surface area contributed by atoms with Gasteiger partial charge in [0, 0.05) is 37.4 Å². The zero-order valence-electron chi connectivity index (χ0n) is 15.3. The molecule has 0 bridgehead atoms. The number of thiazole rings is 1. The molecule has 28 heavy (non-hydrogen) atoms. The summed E-state index contributed by atoms with van der Waals surface area (Å²) in [7, 11) is 0. The summed E-state index contributed by atoms with van der Waals surface area (Å²) >= 11 is 1.32. The third-order valence-electron chi connectivity index (χ3n) is 5.11. The molecule has 4 rings (SSSR count). The van der Waals surface area contributed by atoms with Gasteiger partial charge in [-0.1, -0.05) is 12.1 Å². The maximum Gasteiger partial charge on any atom is 0.258 e. The van der Waals surface area contributed by atoms with E-state index in [0.29, 0.717) is 35.8 Å². The summed E-state index contributed by atoms with van der Waals surface area (Å²) in [5, 5.41) is 7.91. The van der Waals surface area contributed by atoms with Crippen molar-refractivity contribution in [3.63, 3.8) is 0 Å². The van der Waals surface area contributed by atoms with Gasteiger partial charge in [0.15, 0.2) is 10.9 Å². The summed E-state index contributed by atoms with van der Waals surface area (Å²) in [6, 6.07) is 6.39. The first-order chi connectivity index (χ1) is 13.5. The summed E-state index contributed by atoms with van der Waals surface area (Å²) in [5.74, 6) is -0.132. The number of nitrogens with one attached hydrogen (secondary N) is 2. The maximum absolute atomic E-state index is 12.7. The lowest BCUT2D eigenvalue weighted by atomic mass is 10.0. The van der Waals surface area contributed by atoms with Crippen LogP contribution in [0.2, 0.25) is 0 Å². The van der Waals surface area contributed by atoms with Crippen molar-refractivity contribution in [2.45, 2.75) is 38.0 Å². The van der Waals surface area contributed by atoms with Crippen molar-refractivity contribution >= 4 is 34.2 Å². The molecule has 0 radical (unpaired) electrons. The van der Waals surface area contributed by atoms with E-state index in [0.717, 1.165) is 0 Å². The molecule has 2 aromatic rings. The normalized spacial score (nSPS) is 22.7. The highest BCUT2D eigenvalue weighted by atomic mass is 32.1. The molecule has 3 heterocycles. The minimum atomic E-state index is -0.943. The first kappa shape index (κ1) is 18.4. The molecule has 1 aromatic heterocycles. The second kappa shape index (κ2) is 7.23. The second-order valence-electron chi connectivity index (χ2n) is 6.89. The van der Waals surface area contributed by atoms with Gasteiger partial charge in [0.1, 0.15) is 11.8 Å². The Labute approximate surface area is 165 Å². The topological polar surface area (TPSA) is 101 Å². The number of para-hydroxylation sites is 1. The Bertz CT molecular complexity index is 916. The molecule has 1 saturated heterocycles. The molecule has 1 fully saturated rings. The minimum absolute atomic E-state index is 0.143. The number of nitrogens with zero attached hydrogens (tertiary/aromatic N) is 2. The number of fused-ring (bicyclic) bond motifs is 1. The fraction of sp³-hybridized carbons (Fsp3) is 0.368. The lowest BCUT2D eigenvalue weighted by Gasteiger charge is -2.38. The van der Waals surface area contributed by atoms with Crippen molar-refractivity contribution in [1.29, 1.82) is 0 Å². The van der Waals surface area contributed by atoms with Crippen LogP contribution in [-0.4, -0.2) is 45.9 Å². The fourth-order valence-electron chi connectivity index (χ4n) is 3.53. The van der Waals surface area contributed by atoms with E-state index in [4.69, 9.17) is 4.74 Å². The molecular formula is C19H20N4O4S. The second-order valence-corrected chi connectivity index (χ2v) is 7.78. The third-order valence-corrected chi connectivity index (χ3v) is 5.80. The Balaban J connectivity index is 1.49. The third kappa shape index (κ3) is 3.45. The lowest BCUT2D eigenvalue weighted by Crippen LogP contribution is -2.56. The van der Waals surface area contributed by atoms with Gasteiger partial charge >= 0.3 is 0 Å². The van der Waals surface area contributed by atoms with Crippen molar-refractivity contribution in [3.8, 4) is 5.75 Å². The highest BCUT2D eigenvalue weighted by Crippen LogP contribution is 2.34.